The number of benzene rings is 2. The van der Waals surface area contributed by atoms with E-state index in [-0.39, 0.29) is 6.01 Å². The molecule has 3 aromatic rings. The molecule has 1 atom stereocenters. The fourth-order valence-corrected chi connectivity index (χ4v) is 4.04. The molecule has 2 aromatic carbocycles. The van der Waals surface area contributed by atoms with E-state index < -0.39 is 11.0 Å². The third-order valence-electron chi connectivity index (χ3n) is 3.77. The van der Waals surface area contributed by atoms with Crippen LogP contribution in [0.15, 0.2) is 59.5 Å². The van der Waals surface area contributed by atoms with Crippen LogP contribution in [0.5, 0.6) is 11.8 Å². The highest BCUT2D eigenvalue weighted by Crippen LogP contribution is 2.32. The number of hydrogen-bond acceptors (Lipinski definition) is 4. The molecule has 0 fully saturated rings. The van der Waals surface area contributed by atoms with E-state index in [4.69, 9.17) is 16.3 Å². The summed E-state index contributed by atoms with van der Waals surface area (Å²) in [6.07, 6.45) is 0. The molecule has 0 bridgehead atoms. The normalized spacial score (nSPS) is 15.9. The fourth-order valence-electron chi connectivity index (χ4n) is 2.61. The fraction of sp³-hybridized carbons (Fsp3) is 0.111. The van der Waals surface area contributed by atoms with Gasteiger partial charge in [-0.15, -0.1) is 0 Å². The lowest BCUT2D eigenvalue weighted by Crippen LogP contribution is -2.20. The molecule has 126 valence electrons. The maximum absolute atomic E-state index is 12.7. The second-order valence-electron chi connectivity index (χ2n) is 5.60. The Labute approximate surface area is 152 Å². The standard InChI is InChI=1S/C18H14ClN3O2S/c1-12-10-17(22-11-13-4-2-3-5-16(13)25(22)23)21-18(20-12)24-15-8-6-14(19)7-9-15/h2-10H,11H2,1H3. The molecule has 1 unspecified atom stereocenters. The molecule has 1 aromatic heterocycles. The topological polar surface area (TPSA) is 55.3 Å². The van der Waals surface area contributed by atoms with Crippen LogP contribution in [0.1, 0.15) is 11.3 Å². The van der Waals surface area contributed by atoms with Gasteiger partial charge in [-0.2, -0.15) is 4.98 Å². The van der Waals surface area contributed by atoms with Crippen molar-refractivity contribution < 1.29 is 8.95 Å². The number of halogens is 1. The van der Waals surface area contributed by atoms with Gasteiger partial charge in [-0.3, -0.25) is 4.31 Å². The van der Waals surface area contributed by atoms with Crippen LogP contribution >= 0.6 is 11.6 Å². The zero-order chi connectivity index (χ0) is 17.4. The molecule has 5 nitrogen and oxygen atoms in total. The van der Waals surface area contributed by atoms with Crippen molar-refractivity contribution in [2.24, 2.45) is 0 Å². The van der Waals surface area contributed by atoms with Crippen LogP contribution in [0.3, 0.4) is 0 Å². The zero-order valence-electron chi connectivity index (χ0n) is 13.3. The molecule has 4 rings (SSSR count). The summed E-state index contributed by atoms with van der Waals surface area (Å²) >= 11 is 5.88. The molecule has 0 saturated carbocycles. The molecule has 0 amide bonds. The predicted octanol–water partition coefficient (Wildman–Crippen LogP) is 4.27. The number of fused-ring (bicyclic) bond motifs is 1. The molecular formula is C18H14ClN3O2S. The number of anilines is 1. The number of ether oxygens (including phenoxy) is 1. The summed E-state index contributed by atoms with van der Waals surface area (Å²) in [7, 11) is -1.28. The van der Waals surface area contributed by atoms with Crippen LogP contribution in [0, 0.1) is 6.92 Å². The van der Waals surface area contributed by atoms with Crippen molar-refractivity contribution in [3.63, 3.8) is 0 Å². The van der Waals surface area contributed by atoms with Gasteiger partial charge in [0.2, 0.25) is 0 Å². The number of aromatic nitrogens is 2. The summed E-state index contributed by atoms with van der Waals surface area (Å²) in [5, 5.41) is 0.628. The van der Waals surface area contributed by atoms with Crippen LogP contribution in [0.25, 0.3) is 0 Å². The Balaban J connectivity index is 1.64. The molecule has 0 radical (unpaired) electrons. The predicted molar refractivity (Wildman–Crippen MR) is 97.3 cm³/mol. The minimum absolute atomic E-state index is 0.213. The molecular weight excluding hydrogens is 358 g/mol. The molecule has 2 heterocycles. The van der Waals surface area contributed by atoms with Crippen molar-refractivity contribution in [3.05, 3.63) is 70.9 Å². The average Bonchev–Trinajstić information content (AvgIpc) is 2.94. The number of nitrogens with zero attached hydrogens (tertiary/aromatic N) is 3. The number of rotatable bonds is 3. The number of hydrogen-bond donors (Lipinski definition) is 0. The third-order valence-corrected chi connectivity index (χ3v) is 5.52. The first-order chi connectivity index (χ1) is 12.1. The summed E-state index contributed by atoms with van der Waals surface area (Å²) in [5.74, 6) is 1.16. The largest absolute Gasteiger partial charge is 0.424 e. The molecule has 0 saturated heterocycles. The van der Waals surface area contributed by atoms with Gasteiger partial charge in [-0.1, -0.05) is 29.8 Å². The van der Waals surface area contributed by atoms with Crippen LogP contribution in [-0.2, 0) is 17.5 Å². The van der Waals surface area contributed by atoms with Gasteiger partial charge in [0.1, 0.15) is 11.6 Å². The molecule has 25 heavy (non-hydrogen) atoms. The van der Waals surface area contributed by atoms with E-state index in [0.717, 1.165) is 16.2 Å². The highest BCUT2D eigenvalue weighted by Gasteiger charge is 2.28. The van der Waals surface area contributed by atoms with Crippen molar-refractivity contribution in [1.82, 2.24) is 9.97 Å². The Kier molecular flexibility index (Phi) is 4.15. The summed E-state index contributed by atoms with van der Waals surface area (Å²) in [6.45, 7) is 2.39. The first kappa shape index (κ1) is 16.1. The van der Waals surface area contributed by atoms with Gasteiger partial charge in [0, 0.05) is 16.8 Å². The van der Waals surface area contributed by atoms with Gasteiger partial charge in [0.15, 0.2) is 11.0 Å². The molecule has 7 heteroatoms. The Morgan fingerprint density at radius 3 is 2.64 bits per heavy atom. The lowest BCUT2D eigenvalue weighted by Gasteiger charge is -2.16. The van der Waals surface area contributed by atoms with E-state index in [9.17, 15) is 4.21 Å². The van der Waals surface area contributed by atoms with E-state index in [2.05, 4.69) is 9.97 Å². The lowest BCUT2D eigenvalue weighted by atomic mass is 10.2. The van der Waals surface area contributed by atoms with Gasteiger partial charge in [0.05, 0.1) is 11.4 Å². The van der Waals surface area contributed by atoms with E-state index in [0.29, 0.717) is 23.1 Å². The second-order valence-corrected chi connectivity index (χ2v) is 7.41. The van der Waals surface area contributed by atoms with Crippen molar-refractivity contribution in [2.75, 3.05) is 4.31 Å². The van der Waals surface area contributed by atoms with Crippen molar-refractivity contribution >= 4 is 28.4 Å². The summed E-state index contributed by atoms with van der Waals surface area (Å²) in [6, 6.07) is 16.7. The Morgan fingerprint density at radius 2 is 1.88 bits per heavy atom. The Bertz CT molecular complexity index is 963. The van der Waals surface area contributed by atoms with Crippen LogP contribution < -0.4 is 9.04 Å². The minimum atomic E-state index is -1.28. The van der Waals surface area contributed by atoms with Crippen LogP contribution in [-0.4, -0.2) is 14.2 Å². The smallest absolute Gasteiger partial charge is 0.324 e. The first-order valence-corrected chi connectivity index (χ1v) is 9.15. The lowest BCUT2D eigenvalue weighted by molar-refractivity contribution is 0.441. The third kappa shape index (κ3) is 3.23. The first-order valence-electron chi connectivity index (χ1n) is 7.66. The van der Waals surface area contributed by atoms with Crippen molar-refractivity contribution in [2.45, 2.75) is 18.4 Å². The summed E-state index contributed by atoms with van der Waals surface area (Å²) < 4.78 is 20.2. The SMILES string of the molecule is Cc1cc(N2Cc3ccccc3S2=O)nc(Oc2ccc(Cl)cc2)n1. The molecule has 0 aliphatic carbocycles. The Hall–Kier alpha value is -2.44. The van der Waals surface area contributed by atoms with Gasteiger partial charge in [-0.05, 0) is 42.8 Å². The monoisotopic (exact) mass is 371 g/mol. The highest BCUT2D eigenvalue weighted by molar-refractivity contribution is 7.86. The Morgan fingerprint density at radius 1 is 1.12 bits per heavy atom. The highest BCUT2D eigenvalue weighted by atomic mass is 35.5. The average molecular weight is 372 g/mol. The quantitative estimate of drug-likeness (QED) is 0.689. The second kappa shape index (κ2) is 6.46. The van der Waals surface area contributed by atoms with Gasteiger partial charge >= 0.3 is 6.01 Å². The van der Waals surface area contributed by atoms with Crippen LogP contribution in [0.4, 0.5) is 5.82 Å². The molecule has 1 aliphatic heterocycles. The van der Waals surface area contributed by atoms with E-state index in [1.165, 1.54) is 0 Å². The molecule has 0 N–H and O–H groups in total. The van der Waals surface area contributed by atoms with Crippen molar-refractivity contribution in [3.8, 4) is 11.8 Å². The van der Waals surface area contributed by atoms with E-state index >= 15 is 0 Å². The van der Waals surface area contributed by atoms with E-state index in [1.807, 2.05) is 31.2 Å². The van der Waals surface area contributed by atoms with Crippen LogP contribution in [0.2, 0.25) is 5.02 Å². The van der Waals surface area contributed by atoms with E-state index in [1.54, 1.807) is 34.6 Å². The molecule has 0 spiro atoms. The maximum Gasteiger partial charge on any atom is 0.324 e. The maximum atomic E-state index is 12.7. The minimum Gasteiger partial charge on any atom is -0.424 e. The van der Waals surface area contributed by atoms with Gasteiger partial charge < -0.3 is 4.74 Å². The molecule has 1 aliphatic rings. The van der Waals surface area contributed by atoms with Gasteiger partial charge in [-0.25, -0.2) is 9.19 Å². The zero-order valence-corrected chi connectivity index (χ0v) is 14.9. The van der Waals surface area contributed by atoms with Gasteiger partial charge in [0.25, 0.3) is 0 Å². The summed E-state index contributed by atoms with van der Waals surface area (Å²) in [4.78, 5) is 9.56. The number of aryl methyl sites for hydroxylation is 1. The summed E-state index contributed by atoms with van der Waals surface area (Å²) in [5.41, 5.74) is 1.78. The van der Waals surface area contributed by atoms with Crippen molar-refractivity contribution in [1.29, 1.82) is 0 Å².